The van der Waals surface area contributed by atoms with Gasteiger partial charge in [0.1, 0.15) is 11.9 Å². The number of amides is 1. The summed E-state index contributed by atoms with van der Waals surface area (Å²) in [6.07, 6.45) is -0.616. The molecule has 2 N–H and O–H groups in total. The molecular formula is C18H21NO3. The highest BCUT2D eigenvalue weighted by Gasteiger charge is 2.09. The van der Waals surface area contributed by atoms with Crippen molar-refractivity contribution < 1.29 is 14.6 Å². The standard InChI is InChI=1S/C18H21NO3/c1-13(20)12-19-18(21)16-8-10-17(11-9-16)22-14(2)15-6-4-3-5-7-15/h3-11,13-14,20H,12H2,1-2H3,(H,19,21)/t13-,14-/m1/s1. The van der Waals surface area contributed by atoms with Gasteiger partial charge in [-0.15, -0.1) is 0 Å². The Morgan fingerprint density at radius 3 is 2.32 bits per heavy atom. The number of hydrogen-bond acceptors (Lipinski definition) is 3. The van der Waals surface area contributed by atoms with Crippen LogP contribution < -0.4 is 10.1 Å². The van der Waals surface area contributed by atoms with E-state index in [1.165, 1.54) is 0 Å². The van der Waals surface area contributed by atoms with E-state index in [0.29, 0.717) is 11.3 Å². The molecule has 0 saturated carbocycles. The quantitative estimate of drug-likeness (QED) is 0.862. The average molecular weight is 299 g/mol. The van der Waals surface area contributed by atoms with Gasteiger partial charge in [0.25, 0.3) is 5.91 Å². The second-order valence-corrected chi connectivity index (χ2v) is 5.25. The van der Waals surface area contributed by atoms with Crippen LogP contribution in [0, 0.1) is 0 Å². The molecule has 0 heterocycles. The number of rotatable bonds is 6. The summed E-state index contributed by atoms with van der Waals surface area (Å²) < 4.78 is 5.86. The highest BCUT2D eigenvalue weighted by atomic mass is 16.5. The number of benzene rings is 2. The first-order chi connectivity index (χ1) is 10.6. The number of carbonyl (C=O) groups excluding carboxylic acids is 1. The van der Waals surface area contributed by atoms with Gasteiger partial charge in [0.15, 0.2) is 0 Å². The normalized spacial score (nSPS) is 13.2. The number of nitrogens with one attached hydrogen (secondary N) is 1. The molecule has 22 heavy (non-hydrogen) atoms. The van der Waals surface area contributed by atoms with E-state index in [1.807, 2.05) is 37.3 Å². The third-order valence-corrected chi connectivity index (χ3v) is 3.26. The summed E-state index contributed by atoms with van der Waals surface area (Å²) in [5, 5.41) is 11.8. The Kier molecular flexibility index (Phi) is 5.55. The van der Waals surface area contributed by atoms with E-state index in [2.05, 4.69) is 5.32 Å². The molecule has 0 saturated heterocycles. The largest absolute Gasteiger partial charge is 0.486 e. The van der Waals surface area contributed by atoms with Crippen LogP contribution in [0.25, 0.3) is 0 Å². The highest BCUT2D eigenvalue weighted by Crippen LogP contribution is 2.21. The summed E-state index contributed by atoms with van der Waals surface area (Å²) in [5.41, 5.74) is 1.64. The molecule has 0 aliphatic carbocycles. The molecule has 4 heteroatoms. The van der Waals surface area contributed by atoms with Gasteiger partial charge < -0.3 is 15.2 Å². The van der Waals surface area contributed by atoms with Crippen LogP contribution in [-0.2, 0) is 0 Å². The van der Waals surface area contributed by atoms with Gasteiger partial charge >= 0.3 is 0 Å². The minimum absolute atomic E-state index is 0.0592. The fourth-order valence-electron chi connectivity index (χ4n) is 2.02. The Bertz CT molecular complexity index is 593. The van der Waals surface area contributed by atoms with E-state index in [-0.39, 0.29) is 18.6 Å². The van der Waals surface area contributed by atoms with E-state index in [9.17, 15) is 4.79 Å². The monoisotopic (exact) mass is 299 g/mol. The van der Waals surface area contributed by atoms with E-state index < -0.39 is 6.10 Å². The molecule has 0 fully saturated rings. The van der Waals surface area contributed by atoms with Gasteiger partial charge in [-0.1, -0.05) is 30.3 Å². The molecule has 0 aromatic heterocycles. The molecule has 0 aliphatic rings. The van der Waals surface area contributed by atoms with E-state index >= 15 is 0 Å². The van der Waals surface area contributed by atoms with Gasteiger partial charge in [-0.25, -0.2) is 0 Å². The molecule has 0 unspecified atom stereocenters. The molecule has 0 aliphatic heterocycles. The lowest BCUT2D eigenvalue weighted by atomic mass is 10.1. The predicted molar refractivity (Wildman–Crippen MR) is 85.9 cm³/mol. The Hall–Kier alpha value is -2.33. The minimum atomic E-state index is -0.557. The molecule has 0 spiro atoms. The van der Waals surface area contributed by atoms with Crippen LogP contribution in [0.5, 0.6) is 5.75 Å². The molecule has 2 aromatic carbocycles. The number of carbonyl (C=O) groups is 1. The Balaban J connectivity index is 1.96. The van der Waals surface area contributed by atoms with Crippen molar-refractivity contribution in [2.45, 2.75) is 26.1 Å². The maximum atomic E-state index is 11.8. The zero-order valence-electron chi connectivity index (χ0n) is 12.8. The second-order valence-electron chi connectivity index (χ2n) is 5.25. The van der Waals surface area contributed by atoms with Crippen molar-refractivity contribution in [2.75, 3.05) is 6.54 Å². The first-order valence-electron chi connectivity index (χ1n) is 7.34. The summed E-state index contributed by atoms with van der Waals surface area (Å²) >= 11 is 0. The molecular weight excluding hydrogens is 278 g/mol. The molecule has 1 amide bonds. The van der Waals surface area contributed by atoms with E-state index in [4.69, 9.17) is 9.84 Å². The van der Waals surface area contributed by atoms with Crippen molar-refractivity contribution in [3.63, 3.8) is 0 Å². The van der Waals surface area contributed by atoms with Crippen LogP contribution in [0.2, 0.25) is 0 Å². The van der Waals surface area contributed by atoms with E-state index in [1.54, 1.807) is 31.2 Å². The van der Waals surface area contributed by atoms with Crippen molar-refractivity contribution in [2.24, 2.45) is 0 Å². The first kappa shape index (κ1) is 16.0. The SMILES string of the molecule is C[C@@H](O)CNC(=O)c1ccc(O[C@H](C)c2ccccc2)cc1. The van der Waals surface area contributed by atoms with Crippen molar-refractivity contribution in [3.05, 3.63) is 65.7 Å². The zero-order chi connectivity index (χ0) is 15.9. The van der Waals surface area contributed by atoms with Crippen LogP contribution in [0.4, 0.5) is 0 Å². The maximum Gasteiger partial charge on any atom is 0.251 e. The van der Waals surface area contributed by atoms with Crippen LogP contribution in [0.1, 0.15) is 35.9 Å². The third kappa shape index (κ3) is 4.60. The molecule has 2 rings (SSSR count). The lowest BCUT2D eigenvalue weighted by Gasteiger charge is -2.15. The fourth-order valence-corrected chi connectivity index (χ4v) is 2.02. The lowest BCUT2D eigenvalue weighted by molar-refractivity contribution is 0.0924. The molecule has 4 nitrogen and oxygen atoms in total. The molecule has 2 aromatic rings. The first-order valence-corrected chi connectivity index (χ1v) is 7.34. The lowest BCUT2D eigenvalue weighted by Crippen LogP contribution is -2.30. The Labute approximate surface area is 130 Å². The van der Waals surface area contributed by atoms with Gasteiger partial charge in [-0.05, 0) is 43.7 Å². The predicted octanol–water partition coefficient (Wildman–Crippen LogP) is 2.94. The number of aliphatic hydroxyl groups is 1. The van der Waals surface area contributed by atoms with Gasteiger partial charge in [0.05, 0.1) is 6.10 Å². The summed E-state index contributed by atoms with van der Waals surface area (Å²) in [4.78, 5) is 11.8. The molecule has 0 radical (unpaired) electrons. The summed E-state index contributed by atoms with van der Waals surface area (Å²) in [6, 6.07) is 16.9. The smallest absolute Gasteiger partial charge is 0.251 e. The molecule has 116 valence electrons. The summed E-state index contributed by atoms with van der Waals surface area (Å²) in [6.45, 7) is 3.85. The minimum Gasteiger partial charge on any atom is -0.486 e. The van der Waals surface area contributed by atoms with Crippen molar-refractivity contribution in [1.82, 2.24) is 5.32 Å². The van der Waals surface area contributed by atoms with Crippen molar-refractivity contribution in [3.8, 4) is 5.75 Å². The van der Waals surface area contributed by atoms with Crippen LogP contribution in [0.15, 0.2) is 54.6 Å². The fraction of sp³-hybridized carbons (Fsp3) is 0.278. The zero-order valence-corrected chi connectivity index (χ0v) is 12.8. The van der Waals surface area contributed by atoms with Crippen molar-refractivity contribution in [1.29, 1.82) is 0 Å². The second kappa shape index (κ2) is 7.61. The van der Waals surface area contributed by atoms with Crippen molar-refractivity contribution >= 4 is 5.91 Å². The average Bonchev–Trinajstić information content (AvgIpc) is 2.54. The topological polar surface area (TPSA) is 58.6 Å². The number of hydrogen-bond donors (Lipinski definition) is 2. The van der Waals surface area contributed by atoms with Gasteiger partial charge in [-0.3, -0.25) is 4.79 Å². The highest BCUT2D eigenvalue weighted by molar-refractivity contribution is 5.94. The molecule has 2 atom stereocenters. The van der Waals surface area contributed by atoms with Gasteiger partial charge in [0, 0.05) is 12.1 Å². The Morgan fingerprint density at radius 2 is 1.73 bits per heavy atom. The van der Waals surface area contributed by atoms with Crippen LogP contribution in [0.3, 0.4) is 0 Å². The van der Waals surface area contributed by atoms with Crippen LogP contribution in [-0.4, -0.2) is 23.7 Å². The van der Waals surface area contributed by atoms with Crippen LogP contribution >= 0.6 is 0 Å². The van der Waals surface area contributed by atoms with Gasteiger partial charge in [-0.2, -0.15) is 0 Å². The molecule has 0 bridgehead atoms. The third-order valence-electron chi connectivity index (χ3n) is 3.26. The van der Waals surface area contributed by atoms with E-state index in [0.717, 1.165) is 5.56 Å². The Morgan fingerprint density at radius 1 is 1.09 bits per heavy atom. The van der Waals surface area contributed by atoms with Gasteiger partial charge in [0.2, 0.25) is 0 Å². The maximum absolute atomic E-state index is 11.8. The summed E-state index contributed by atoms with van der Waals surface area (Å²) in [5.74, 6) is 0.506. The summed E-state index contributed by atoms with van der Waals surface area (Å²) in [7, 11) is 0. The number of aliphatic hydroxyl groups excluding tert-OH is 1. The number of ether oxygens (including phenoxy) is 1.